The van der Waals surface area contributed by atoms with Crippen LogP contribution in [0.25, 0.3) is 0 Å². The summed E-state index contributed by atoms with van der Waals surface area (Å²) in [6, 6.07) is 12.7. The van der Waals surface area contributed by atoms with Gasteiger partial charge in [0.25, 0.3) is 0 Å². The lowest BCUT2D eigenvalue weighted by atomic mass is 10.2. The maximum absolute atomic E-state index is 13.0. The number of benzene rings is 2. The summed E-state index contributed by atoms with van der Waals surface area (Å²) in [6.07, 6.45) is 1.42. The number of nitrogens with one attached hydrogen (secondary N) is 2. The molecule has 2 rings (SSSR count). The van der Waals surface area contributed by atoms with E-state index in [2.05, 4.69) is 38.4 Å². The number of rotatable bonds is 3. The Hall–Kier alpha value is -2.29. The Balaban J connectivity index is 1.89. The number of nitrogens with zero attached hydrogens (tertiary/aromatic N) is 1. The van der Waals surface area contributed by atoms with Crippen LogP contribution in [0.3, 0.4) is 0 Å². The number of hydrogen-bond acceptors (Lipinski definition) is 3. The van der Waals surface area contributed by atoms with Gasteiger partial charge in [0.15, 0.2) is 0 Å². The van der Waals surface area contributed by atoms with E-state index in [9.17, 15) is 14.0 Å². The standard InChI is InChI=1S/C15H11FIN3O2/c16-11-2-1-3-13(8-11)19-14(21)15(22)20-18-9-10-4-6-12(17)7-5-10/h1-9H,(H,19,21)(H,20,22)/b18-9+. The first-order chi connectivity index (χ1) is 10.5. The molecule has 0 saturated carbocycles. The number of anilines is 1. The molecule has 0 spiro atoms. The van der Waals surface area contributed by atoms with E-state index in [0.717, 1.165) is 15.2 Å². The molecule has 2 N–H and O–H groups in total. The summed E-state index contributed by atoms with van der Waals surface area (Å²) in [5.41, 5.74) is 3.08. The number of halogens is 2. The molecule has 0 radical (unpaired) electrons. The van der Waals surface area contributed by atoms with Gasteiger partial charge in [-0.05, 0) is 58.5 Å². The molecule has 0 aliphatic heterocycles. The van der Waals surface area contributed by atoms with Gasteiger partial charge in [0.2, 0.25) is 0 Å². The number of hydrazone groups is 1. The molecule has 0 aromatic heterocycles. The molecule has 0 bridgehead atoms. The van der Waals surface area contributed by atoms with Crippen LogP contribution in [0.15, 0.2) is 53.6 Å². The van der Waals surface area contributed by atoms with Crippen LogP contribution in [-0.2, 0) is 9.59 Å². The lowest BCUT2D eigenvalue weighted by molar-refractivity contribution is -0.136. The van der Waals surface area contributed by atoms with Crippen molar-refractivity contribution in [3.63, 3.8) is 0 Å². The Morgan fingerprint density at radius 2 is 1.82 bits per heavy atom. The Labute approximate surface area is 139 Å². The summed E-state index contributed by atoms with van der Waals surface area (Å²) >= 11 is 2.17. The number of carbonyl (C=O) groups is 2. The fourth-order valence-electron chi connectivity index (χ4n) is 1.52. The van der Waals surface area contributed by atoms with Crippen LogP contribution in [0.4, 0.5) is 10.1 Å². The molecule has 0 aliphatic rings. The van der Waals surface area contributed by atoms with Crippen LogP contribution < -0.4 is 10.7 Å². The molecule has 0 fully saturated rings. The largest absolute Gasteiger partial charge is 0.329 e. The highest BCUT2D eigenvalue weighted by Gasteiger charge is 2.12. The quantitative estimate of drug-likeness (QED) is 0.353. The first kappa shape index (κ1) is 16.1. The van der Waals surface area contributed by atoms with Gasteiger partial charge in [-0.25, -0.2) is 9.82 Å². The van der Waals surface area contributed by atoms with Gasteiger partial charge in [-0.1, -0.05) is 18.2 Å². The molecule has 112 valence electrons. The molecule has 0 aliphatic carbocycles. The van der Waals surface area contributed by atoms with Gasteiger partial charge in [0, 0.05) is 9.26 Å². The Morgan fingerprint density at radius 1 is 1.09 bits per heavy atom. The number of amides is 2. The van der Waals surface area contributed by atoms with E-state index in [-0.39, 0.29) is 5.69 Å². The fraction of sp³-hybridized carbons (Fsp3) is 0. The van der Waals surface area contributed by atoms with Crippen molar-refractivity contribution in [2.45, 2.75) is 0 Å². The van der Waals surface area contributed by atoms with Gasteiger partial charge in [-0.2, -0.15) is 5.10 Å². The van der Waals surface area contributed by atoms with E-state index in [0.29, 0.717) is 0 Å². The van der Waals surface area contributed by atoms with Gasteiger partial charge < -0.3 is 5.32 Å². The molecular weight excluding hydrogens is 400 g/mol. The third-order valence-corrected chi connectivity index (χ3v) is 3.26. The van der Waals surface area contributed by atoms with Gasteiger partial charge >= 0.3 is 11.8 Å². The lowest BCUT2D eigenvalue weighted by Gasteiger charge is -2.03. The first-order valence-electron chi connectivity index (χ1n) is 6.20. The van der Waals surface area contributed by atoms with Crippen molar-refractivity contribution < 1.29 is 14.0 Å². The predicted octanol–water partition coefficient (Wildman–Crippen LogP) is 2.52. The maximum Gasteiger partial charge on any atom is 0.329 e. The summed E-state index contributed by atoms with van der Waals surface area (Å²) in [7, 11) is 0. The van der Waals surface area contributed by atoms with Crippen LogP contribution >= 0.6 is 22.6 Å². The van der Waals surface area contributed by atoms with Crippen LogP contribution in [0, 0.1) is 9.39 Å². The van der Waals surface area contributed by atoms with E-state index in [1.165, 1.54) is 24.4 Å². The monoisotopic (exact) mass is 411 g/mol. The van der Waals surface area contributed by atoms with Crippen LogP contribution in [-0.4, -0.2) is 18.0 Å². The molecule has 0 saturated heterocycles. The smallest absolute Gasteiger partial charge is 0.318 e. The molecule has 0 heterocycles. The zero-order chi connectivity index (χ0) is 15.9. The topological polar surface area (TPSA) is 70.6 Å². The Morgan fingerprint density at radius 3 is 2.50 bits per heavy atom. The normalized spacial score (nSPS) is 10.5. The Kier molecular flexibility index (Phi) is 5.59. The highest BCUT2D eigenvalue weighted by molar-refractivity contribution is 14.1. The SMILES string of the molecule is O=C(N/N=C/c1ccc(I)cc1)C(=O)Nc1cccc(F)c1. The second kappa shape index (κ2) is 7.64. The molecule has 22 heavy (non-hydrogen) atoms. The molecule has 7 heteroatoms. The third kappa shape index (κ3) is 4.92. The average molecular weight is 411 g/mol. The average Bonchev–Trinajstić information content (AvgIpc) is 2.49. The van der Waals surface area contributed by atoms with Crippen LogP contribution in [0.2, 0.25) is 0 Å². The molecular formula is C15H11FIN3O2. The van der Waals surface area contributed by atoms with Crippen molar-refractivity contribution in [2.75, 3.05) is 5.32 Å². The molecule has 2 aromatic carbocycles. The van der Waals surface area contributed by atoms with Crippen molar-refractivity contribution in [3.05, 3.63) is 63.5 Å². The van der Waals surface area contributed by atoms with E-state index in [4.69, 9.17) is 0 Å². The van der Waals surface area contributed by atoms with Crippen molar-refractivity contribution in [1.82, 2.24) is 5.43 Å². The van der Waals surface area contributed by atoms with E-state index in [1.54, 1.807) is 0 Å². The highest BCUT2D eigenvalue weighted by atomic mass is 127. The summed E-state index contributed by atoms with van der Waals surface area (Å²) < 4.78 is 14.0. The molecule has 0 atom stereocenters. The zero-order valence-electron chi connectivity index (χ0n) is 11.2. The zero-order valence-corrected chi connectivity index (χ0v) is 13.4. The van der Waals surface area contributed by atoms with Gasteiger partial charge in [0.1, 0.15) is 5.82 Å². The van der Waals surface area contributed by atoms with Crippen LogP contribution in [0.5, 0.6) is 0 Å². The molecule has 2 amide bonds. The van der Waals surface area contributed by atoms with Gasteiger partial charge in [0.05, 0.1) is 6.21 Å². The van der Waals surface area contributed by atoms with Crippen molar-refractivity contribution in [3.8, 4) is 0 Å². The second-order valence-electron chi connectivity index (χ2n) is 4.22. The summed E-state index contributed by atoms with van der Waals surface area (Å²) in [6.45, 7) is 0. The minimum atomic E-state index is -0.939. The minimum Gasteiger partial charge on any atom is -0.318 e. The molecule has 0 unspecified atom stereocenters. The lowest BCUT2D eigenvalue weighted by Crippen LogP contribution is -2.32. The maximum atomic E-state index is 13.0. The predicted molar refractivity (Wildman–Crippen MR) is 89.9 cm³/mol. The van der Waals surface area contributed by atoms with E-state index in [1.807, 2.05) is 24.3 Å². The van der Waals surface area contributed by atoms with E-state index >= 15 is 0 Å². The summed E-state index contributed by atoms with van der Waals surface area (Å²) in [4.78, 5) is 23.1. The molecule has 5 nitrogen and oxygen atoms in total. The van der Waals surface area contributed by atoms with Crippen LogP contribution in [0.1, 0.15) is 5.56 Å². The summed E-state index contributed by atoms with van der Waals surface area (Å²) in [5.74, 6) is -2.37. The Bertz CT molecular complexity index is 717. The first-order valence-corrected chi connectivity index (χ1v) is 7.28. The summed E-state index contributed by atoms with van der Waals surface area (Å²) in [5, 5.41) is 5.96. The highest BCUT2D eigenvalue weighted by Crippen LogP contribution is 2.08. The fourth-order valence-corrected chi connectivity index (χ4v) is 1.88. The van der Waals surface area contributed by atoms with Gasteiger partial charge in [-0.3, -0.25) is 9.59 Å². The van der Waals surface area contributed by atoms with Gasteiger partial charge in [-0.15, -0.1) is 0 Å². The third-order valence-electron chi connectivity index (χ3n) is 2.54. The van der Waals surface area contributed by atoms with E-state index < -0.39 is 17.6 Å². The van der Waals surface area contributed by atoms with Crippen molar-refractivity contribution in [2.24, 2.45) is 5.10 Å². The number of hydrogen-bond donors (Lipinski definition) is 2. The van der Waals surface area contributed by atoms with Crippen molar-refractivity contribution in [1.29, 1.82) is 0 Å². The van der Waals surface area contributed by atoms with Crippen molar-refractivity contribution >= 4 is 46.3 Å². The molecule has 2 aromatic rings. The second-order valence-corrected chi connectivity index (χ2v) is 5.46. The number of carbonyl (C=O) groups excluding carboxylic acids is 2. The minimum absolute atomic E-state index is 0.196.